The Bertz CT molecular complexity index is 1010. The number of ether oxygens (including phenoxy) is 1. The molecule has 2 aliphatic heterocycles. The molecule has 1 aromatic heterocycles. The lowest BCUT2D eigenvalue weighted by Crippen LogP contribution is -2.28. The summed E-state index contributed by atoms with van der Waals surface area (Å²) >= 11 is 0. The van der Waals surface area contributed by atoms with Crippen molar-refractivity contribution in [3.05, 3.63) is 57.4 Å². The molecule has 9 heteroatoms. The van der Waals surface area contributed by atoms with E-state index in [0.29, 0.717) is 18.7 Å². The number of carbonyl (C=O) groups is 3. The number of aromatic nitrogens is 1. The number of fused-ring (bicyclic) bond motifs is 1. The van der Waals surface area contributed by atoms with Crippen molar-refractivity contribution >= 4 is 23.7 Å². The van der Waals surface area contributed by atoms with E-state index in [1.165, 1.54) is 4.57 Å². The number of benzene rings is 1. The summed E-state index contributed by atoms with van der Waals surface area (Å²) in [6, 6.07) is 7.97. The van der Waals surface area contributed by atoms with Gasteiger partial charge in [-0.05, 0) is 24.1 Å². The fourth-order valence-electron chi connectivity index (χ4n) is 3.15. The minimum atomic E-state index is -0.628. The summed E-state index contributed by atoms with van der Waals surface area (Å²) in [5, 5.41) is 4.82. The number of pyridine rings is 1. The lowest BCUT2D eigenvalue weighted by atomic mass is 10.1. The number of nitrogens with two attached hydrogens (primary N) is 1. The van der Waals surface area contributed by atoms with Crippen LogP contribution in [0.2, 0.25) is 0 Å². The monoisotopic (exact) mass is 354 g/mol. The first-order valence-electron chi connectivity index (χ1n) is 7.88. The van der Waals surface area contributed by atoms with Gasteiger partial charge < -0.3 is 15.8 Å². The molecule has 0 bridgehead atoms. The third-order valence-corrected chi connectivity index (χ3v) is 4.37. The first-order chi connectivity index (χ1) is 12.4. The second-order valence-corrected chi connectivity index (χ2v) is 6.09. The predicted octanol–water partition coefficient (Wildman–Crippen LogP) is -0.0458. The number of cyclic esters (lactones) is 1. The van der Waals surface area contributed by atoms with Gasteiger partial charge in [0.2, 0.25) is 0 Å². The van der Waals surface area contributed by atoms with Crippen LogP contribution in [0.5, 0.6) is 0 Å². The molecular formula is C17H14N4O5. The largest absolute Gasteiger partial charge is 0.447 e. The molecule has 0 saturated carbocycles. The van der Waals surface area contributed by atoms with Gasteiger partial charge in [-0.3, -0.25) is 24.3 Å². The number of rotatable bonds is 3. The summed E-state index contributed by atoms with van der Waals surface area (Å²) in [6.45, 7) is 0.307. The number of nitrogen functional groups attached to an aromatic ring is 1. The van der Waals surface area contributed by atoms with E-state index in [4.69, 9.17) is 10.5 Å². The van der Waals surface area contributed by atoms with Crippen LogP contribution in [0, 0.1) is 0 Å². The highest BCUT2D eigenvalue weighted by Crippen LogP contribution is 2.23. The molecule has 1 unspecified atom stereocenters. The van der Waals surface area contributed by atoms with Gasteiger partial charge in [-0.1, -0.05) is 12.1 Å². The van der Waals surface area contributed by atoms with Gasteiger partial charge in [0.05, 0.1) is 22.9 Å². The molecule has 1 aromatic carbocycles. The van der Waals surface area contributed by atoms with Gasteiger partial charge in [-0.15, -0.1) is 0 Å². The van der Waals surface area contributed by atoms with Crippen molar-refractivity contribution in [2.45, 2.75) is 12.5 Å². The molecule has 9 nitrogen and oxygen atoms in total. The highest BCUT2D eigenvalue weighted by molar-refractivity contribution is 6.23. The molecule has 132 valence electrons. The number of nitrogens with zero attached hydrogens (tertiary/aromatic N) is 1. The Morgan fingerprint density at radius 1 is 1.12 bits per heavy atom. The zero-order chi connectivity index (χ0) is 18.4. The van der Waals surface area contributed by atoms with Crippen LogP contribution in [0.15, 0.2) is 35.1 Å². The van der Waals surface area contributed by atoms with Gasteiger partial charge in [0.15, 0.2) is 0 Å². The maximum Gasteiger partial charge on any atom is 0.407 e. The number of imide groups is 1. The number of carbonyl (C=O) groups excluding carboxylic acids is 3. The van der Waals surface area contributed by atoms with Crippen LogP contribution < -0.4 is 21.9 Å². The molecule has 3 amide bonds. The number of nitrogens with one attached hydrogen (secondary N) is 2. The Morgan fingerprint density at radius 3 is 2.50 bits per heavy atom. The molecule has 1 saturated heterocycles. The van der Waals surface area contributed by atoms with Crippen LogP contribution in [0.1, 0.15) is 26.3 Å². The molecule has 4 N–H and O–H groups in total. The fraction of sp³-hybridized carbons (Fsp3) is 0.176. The number of hydrogen-bond acceptors (Lipinski definition) is 6. The lowest BCUT2D eigenvalue weighted by molar-refractivity contribution is 0.0879. The second-order valence-electron chi connectivity index (χ2n) is 6.09. The van der Waals surface area contributed by atoms with E-state index < -0.39 is 23.5 Å². The topological polar surface area (TPSA) is 133 Å². The zero-order valence-corrected chi connectivity index (χ0v) is 13.4. The lowest BCUT2D eigenvalue weighted by Gasteiger charge is -2.13. The highest BCUT2D eigenvalue weighted by atomic mass is 16.6. The third-order valence-electron chi connectivity index (χ3n) is 4.37. The normalized spacial score (nSPS) is 18.3. The summed E-state index contributed by atoms with van der Waals surface area (Å²) in [7, 11) is 0. The Kier molecular flexibility index (Phi) is 3.50. The Hall–Kier alpha value is -3.62. The highest BCUT2D eigenvalue weighted by Gasteiger charge is 2.31. The Labute approximate surface area is 146 Å². The number of alkyl carbamates (subject to hydrolysis) is 1. The maximum absolute atomic E-state index is 12.4. The van der Waals surface area contributed by atoms with Gasteiger partial charge in [0.1, 0.15) is 12.4 Å². The van der Waals surface area contributed by atoms with Crippen molar-refractivity contribution in [3.8, 4) is 5.69 Å². The van der Waals surface area contributed by atoms with Crippen molar-refractivity contribution in [2.75, 3.05) is 12.3 Å². The van der Waals surface area contributed by atoms with E-state index in [9.17, 15) is 19.2 Å². The molecule has 0 spiro atoms. The number of anilines is 1. The summed E-state index contributed by atoms with van der Waals surface area (Å²) < 4.78 is 6.03. The summed E-state index contributed by atoms with van der Waals surface area (Å²) in [5.41, 5.74) is 6.89. The van der Waals surface area contributed by atoms with Crippen LogP contribution in [0.25, 0.3) is 5.69 Å². The molecular weight excluding hydrogens is 340 g/mol. The summed E-state index contributed by atoms with van der Waals surface area (Å²) in [5.74, 6) is -1.33. The summed E-state index contributed by atoms with van der Waals surface area (Å²) in [6.07, 6.45) is 0.147. The van der Waals surface area contributed by atoms with Gasteiger partial charge in [-0.2, -0.15) is 0 Å². The standard InChI is InChI=1S/C17H14N4O5/c18-14-13-11(15(23)20-16(13)24)6-12(22)21(14)10-3-1-8(2-4-10)5-9-7-26-17(25)19-9/h1-4,6,9H,5,7,18H2,(H,19,25)(H,20,23,24). The zero-order valence-electron chi connectivity index (χ0n) is 13.4. The van der Waals surface area contributed by atoms with E-state index >= 15 is 0 Å². The first-order valence-corrected chi connectivity index (χ1v) is 7.88. The van der Waals surface area contributed by atoms with Crippen LogP contribution in [0.3, 0.4) is 0 Å². The van der Waals surface area contributed by atoms with Crippen molar-refractivity contribution in [1.29, 1.82) is 0 Å². The van der Waals surface area contributed by atoms with E-state index in [0.717, 1.165) is 11.6 Å². The van der Waals surface area contributed by atoms with E-state index in [-0.39, 0.29) is 23.0 Å². The van der Waals surface area contributed by atoms with Crippen LogP contribution in [0.4, 0.5) is 10.6 Å². The fourth-order valence-corrected chi connectivity index (χ4v) is 3.15. The van der Waals surface area contributed by atoms with E-state index in [1.54, 1.807) is 24.3 Å². The molecule has 0 radical (unpaired) electrons. The molecule has 2 aromatic rings. The van der Waals surface area contributed by atoms with Gasteiger partial charge in [0, 0.05) is 6.07 Å². The smallest absolute Gasteiger partial charge is 0.407 e. The number of hydrogen-bond donors (Lipinski definition) is 3. The maximum atomic E-state index is 12.4. The Morgan fingerprint density at radius 2 is 1.85 bits per heavy atom. The molecule has 3 heterocycles. The molecule has 0 aliphatic carbocycles. The molecule has 1 atom stereocenters. The van der Waals surface area contributed by atoms with Gasteiger partial charge in [-0.25, -0.2) is 4.79 Å². The minimum absolute atomic E-state index is 0.00416. The van der Waals surface area contributed by atoms with Gasteiger partial charge >= 0.3 is 6.09 Å². The second kappa shape index (κ2) is 5.73. The van der Waals surface area contributed by atoms with Crippen LogP contribution in [-0.4, -0.2) is 35.1 Å². The van der Waals surface area contributed by atoms with Crippen LogP contribution in [-0.2, 0) is 11.2 Å². The predicted molar refractivity (Wildman–Crippen MR) is 90.2 cm³/mol. The van der Waals surface area contributed by atoms with Crippen molar-refractivity contribution in [2.24, 2.45) is 0 Å². The molecule has 2 aliphatic rings. The van der Waals surface area contributed by atoms with Crippen molar-refractivity contribution in [1.82, 2.24) is 15.2 Å². The average Bonchev–Trinajstić information content (AvgIpc) is 3.12. The van der Waals surface area contributed by atoms with Crippen molar-refractivity contribution < 1.29 is 19.1 Å². The van der Waals surface area contributed by atoms with Crippen LogP contribution >= 0.6 is 0 Å². The Balaban J connectivity index is 1.67. The van der Waals surface area contributed by atoms with E-state index in [1.807, 2.05) is 0 Å². The number of amides is 3. The average molecular weight is 354 g/mol. The van der Waals surface area contributed by atoms with Crippen molar-refractivity contribution in [3.63, 3.8) is 0 Å². The summed E-state index contributed by atoms with van der Waals surface area (Å²) in [4.78, 5) is 47.0. The van der Waals surface area contributed by atoms with Gasteiger partial charge in [0.25, 0.3) is 17.4 Å². The minimum Gasteiger partial charge on any atom is -0.447 e. The molecule has 26 heavy (non-hydrogen) atoms. The first kappa shape index (κ1) is 15.9. The molecule has 4 rings (SSSR count). The third kappa shape index (κ3) is 2.50. The van der Waals surface area contributed by atoms with E-state index in [2.05, 4.69) is 10.6 Å². The SMILES string of the molecule is Nc1c2c(cc(=O)n1-c1ccc(CC3COC(=O)N3)cc1)C(=O)NC2=O. The quantitative estimate of drug-likeness (QED) is 0.662. The molecule has 1 fully saturated rings.